The molecule has 1 atom stereocenters. The Labute approximate surface area is 51.5 Å². The van der Waals surface area contributed by atoms with Crippen LogP contribution in [0.4, 0.5) is 0 Å². The summed E-state index contributed by atoms with van der Waals surface area (Å²) in [5, 5.41) is 0. The quantitative estimate of drug-likeness (QED) is 0.402. The van der Waals surface area contributed by atoms with Crippen LogP contribution in [0.15, 0.2) is 0 Å². The van der Waals surface area contributed by atoms with E-state index in [1.807, 2.05) is 0 Å². The number of rotatable bonds is 0. The highest BCUT2D eigenvalue weighted by Gasteiger charge is 2.56. The summed E-state index contributed by atoms with van der Waals surface area (Å²) in [6, 6.07) is 0. The summed E-state index contributed by atoms with van der Waals surface area (Å²) in [5.41, 5.74) is 0.606. The molecule has 0 aromatic heterocycles. The van der Waals surface area contributed by atoms with Crippen LogP contribution in [0.2, 0.25) is 5.82 Å². The Kier molecular flexibility index (Phi) is 0.687. The Bertz CT molecular complexity index is 118. The Morgan fingerprint density at radius 1 is 1.62 bits per heavy atom. The fraction of sp³-hybridized carbons (Fsp3) is 1.00. The van der Waals surface area contributed by atoms with Gasteiger partial charge in [0.2, 0.25) is 0 Å². The van der Waals surface area contributed by atoms with E-state index in [0.717, 1.165) is 0 Å². The van der Waals surface area contributed by atoms with E-state index < -0.39 is 0 Å². The monoisotopic (exact) mass is 107 g/mol. The predicted octanol–water partition coefficient (Wildman–Crippen LogP) is 0.279. The lowest BCUT2D eigenvalue weighted by atomic mass is 9.86. The van der Waals surface area contributed by atoms with E-state index in [1.54, 1.807) is 0 Å². The molecule has 0 aromatic carbocycles. The summed E-state index contributed by atoms with van der Waals surface area (Å²) >= 11 is 0. The molecule has 2 heteroatoms. The van der Waals surface area contributed by atoms with E-state index >= 15 is 0 Å². The van der Waals surface area contributed by atoms with Crippen molar-refractivity contribution in [2.24, 2.45) is 5.41 Å². The molecule has 1 saturated heterocycles. The molecule has 2 radical (unpaired) electrons. The molecule has 0 amide bonds. The van der Waals surface area contributed by atoms with Crippen LogP contribution in [0.3, 0.4) is 0 Å². The molecular weight excluding hydrogens is 96.9 g/mol. The van der Waals surface area contributed by atoms with Crippen molar-refractivity contribution in [3.63, 3.8) is 0 Å². The van der Waals surface area contributed by atoms with Gasteiger partial charge < -0.3 is 4.90 Å². The Morgan fingerprint density at radius 3 is 2.25 bits per heavy atom. The van der Waals surface area contributed by atoms with Crippen molar-refractivity contribution in [3.05, 3.63) is 0 Å². The third-order valence-corrected chi connectivity index (χ3v) is 2.42. The molecule has 1 spiro atoms. The summed E-state index contributed by atoms with van der Waals surface area (Å²) in [4.78, 5) is 2.33. The van der Waals surface area contributed by atoms with Crippen molar-refractivity contribution in [2.45, 2.75) is 12.2 Å². The molecular formula is C6H10BN. The molecule has 0 aromatic rings. The predicted molar refractivity (Wildman–Crippen MR) is 34.1 cm³/mol. The van der Waals surface area contributed by atoms with Crippen LogP contribution in [0.1, 0.15) is 6.42 Å². The van der Waals surface area contributed by atoms with Crippen LogP contribution >= 0.6 is 0 Å². The van der Waals surface area contributed by atoms with E-state index in [0.29, 0.717) is 11.2 Å². The molecule has 42 valence electrons. The van der Waals surface area contributed by atoms with Gasteiger partial charge in [0.15, 0.2) is 0 Å². The van der Waals surface area contributed by atoms with Crippen LogP contribution in [0, 0.1) is 5.41 Å². The average Bonchev–Trinajstić information content (AvgIpc) is 2.13. The zero-order chi connectivity index (χ0) is 5.78. The van der Waals surface area contributed by atoms with Gasteiger partial charge >= 0.3 is 0 Å². The molecule has 1 aliphatic heterocycles. The van der Waals surface area contributed by atoms with Crippen LogP contribution in [0.5, 0.6) is 0 Å². The van der Waals surface area contributed by atoms with Gasteiger partial charge in [-0.1, -0.05) is 5.82 Å². The van der Waals surface area contributed by atoms with Gasteiger partial charge in [-0.3, -0.25) is 0 Å². The molecule has 1 unspecified atom stereocenters. The zero-order valence-corrected chi connectivity index (χ0v) is 5.22. The number of nitrogens with zero attached hydrogens (tertiary/aromatic N) is 1. The summed E-state index contributed by atoms with van der Waals surface area (Å²) < 4.78 is 0. The fourth-order valence-electron chi connectivity index (χ4n) is 1.77. The van der Waals surface area contributed by atoms with E-state index in [2.05, 4.69) is 11.9 Å². The third kappa shape index (κ3) is 0.420. The van der Waals surface area contributed by atoms with E-state index in [-0.39, 0.29) is 0 Å². The summed E-state index contributed by atoms with van der Waals surface area (Å²) in [6.45, 7) is 2.49. The maximum atomic E-state index is 5.70. The molecule has 0 bridgehead atoms. The van der Waals surface area contributed by atoms with Gasteiger partial charge in [0.05, 0.1) is 7.85 Å². The first-order chi connectivity index (χ1) is 3.73. The van der Waals surface area contributed by atoms with Gasteiger partial charge in [-0.2, -0.15) is 0 Å². The Balaban J connectivity index is 1.96. The molecule has 0 N–H and O–H groups in total. The maximum absolute atomic E-state index is 5.70. The molecule has 1 nitrogen and oxygen atoms in total. The van der Waals surface area contributed by atoms with E-state index in [4.69, 9.17) is 7.85 Å². The first kappa shape index (κ1) is 4.86. The normalized spacial score (nSPS) is 41.9. The second-order valence-electron chi connectivity index (χ2n) is 3.35. The second kappa shape index (κ2) is 1.13. The lowest BCUT2D eigenvalue weighted by molar-refractivity contribution is 0.114. The lowest BCUT2D eigenvalue weighted by Gasteiger charge is -2.37. The highest BCUT2D eigenvalue weighted by Crippen LogP contribution is 2.60. The van der Waals surface area contributed by atoms with Gasteiger partial charge in [-0.05, 0) is 18.9 Å². The van der Waals surface area contributed by atoms with Crippen molar-refractivity contribution in [2.75, 3.05) is 20.1 Å². The van der Waals surface area contributed by atoms with E-state index in [1.165, 1.54) is 19.5 Å². The smallest absolute Gasteiger partial charge is 0.0708 e. The number of hydrogen-bond donors (Lipinski definition) is 0. The van der Waals surface area contributed by atoms with Crippen LogP contribution in [-0.2, 0) is 0 Å². The van der Waals surface area contributed by atoms with Crippen molar-refractivity contribution in [1.29, 1.82) is 0 Å². The minimum Gasteiger partial charge on any atom is -0.305 e. The first-order valence-corrected chi connectivity index (χ1v) is 3.17. The van der Waals surface area contributed by atoms with Gasteiger partial charge in [0.1, 0.15) is 0 Å². The minimum absolute atomic E-state index is 0.540. The summed E-state index contributed by atoms with van der Waals surface area (Å²) in [6.07, 6.45) is 1.28. The topological polar surface area (TPSA) is 3.24 Å². The molecule has 1 heterocycles. The van der Waals surface area contributed by atoms with Crippen molar-refractivity contribution < 1.29 is 0 Å². The molecule has 2 fully saturated rings. The Morgan fingerprint density at radius 2 is 2.12 bits per heavy atom. The number of likely N-dealkylation sites (tertiary alicyclic amines) is 1. The zero-order valence-electron chi connectivity index (χ0n) is 5.22. The second-order valence-corrected chi connectivity index (χ2v) is 3.35. The van der Waals surface area contributed by atoms with E-state index in [9.17, 15) is 0 Å². The number of hydrogen-bond acceptors (Lipinski definition) is 1. The SMILES string of the molecule is [B]C1CC12CN(C)C2. The molecule has 1 saturated carbocycles. The fourth-order valence-corrected chi connectivity index (χ4v) is 1.77. The first-order valence-electron chi connectivity index (χ1n) is 3.17. The standard InChI is InChI=1S/C6H10BN/c1-8-3-6(4-8)2-5(6)7/h5H,2-4H2,1H3. The van der Waals surface area contributed by atoms with Crippen molar-refractivity contribution >= 4 is 7.85 Å². The van der Waals surface area contributed by atoms with Crippen LogP contribution < -0.4 is 0 Å². The van der Waals surface area contributed by atoms with Crippen molar-refractivity contribution in [1.82, 2.24) is 4.90 Å². The Hall–Kier alpha value is 0.0249. The maximum Gasteiger partial charge on any atom is 0.0708 e. The summed E-state index contributed by atoms with van der Waals surface area (Å²) in [7, 11) is 7.85. The molecule has 8 heavy (non-hydrogen) atoms. The molecule has 2 rings (SSSR count). The van der Waals surface area contributed by atoms with Crippen molar-refractivity contribution in [3.8, 4) is 0 Å². The van der Waals surface area contributed by atoms with Gasteiger partial charge in [-0.25, -0.2) is 0 Å². The third-order valence-electron chi connectivity index (χ3n) is 2.42. The molecule has 2 aliphatic rings. The van der Waals surface area contributed by atoms with Crippen LogP contribution in [0.25, 0.3) is 0 Å². The summed E-state index contributed by atoms with van der Waals surface area (Å²) in [5.74, 6) is 0.540. The van der Waals surface area contributed by atoms with Gasteiger partial charge in [0.25, 0.3) is 0 Å². The molecule has 1 aliphatic carbocycles. The largest absolute Gasteiger partial charge is 0.305 e. The van der Waals surface area contributed by atoms with Crippen LogP contribution in [-0.4, -0.2) is 32.9 Å². The highest BCUT2D eigenvalue weighted by atomic mass is 15.2. The van der Waals surface area contributed by atoms with Gasteiger partial charge in [0, 0.05) is 13.1 Å². The minimum atomic E-state index is 0.540. The average molecular weight is 107 g/mol. The lowest BCUT2D eigenvalue weighted by Crippen LogP contribution is -2.46. The highest BCUT2D eigenvalue weighted by molar-refractivity contribution is 6.14. The van der Waals surface area contributed by atoms with Gasteiger partial charge in [-0.15, -0.1) is 0 Å².